The van der Waals surface area contributed by atoms with Crippen LogP contribution in [0.25, 0.3) is 99.8 Å². The van der Waals surface area contributed by atoms with Crippen molar-refractivity contribution in [3.8, 4) is 89.0 Å². The first-order chi connectivity index (χ1) is 26.2. The lowest BCUT2D eigenvalue weighted by Crippen LogP contribution is -1.95. The lowest BCUT2D eigenvalue weighted by Gasteiger charge is -2.21. The molecule has 0 saturated carbocycles. The van der Waals surface area contributed by atoms with E-state index in [0.29, 0.717) is 0 Å². The van der Waals surface area contributed by atoms with E-state index in [1.807, 2.05) is 12.1 Å². The molecule has 9 aromatic carbocycles. The highest BCUT2D eigenvalue weighted by molar-refractivity contribution is 6.22. The van der Waals surface area contributed by atoms with E-state index in [0.717, 1.165) is 16.8 Å². The van der Waals surface area contributed by atoms with E-state index in [2.05, 4.69) is 188 Å². The molecule has 0 spiro atoms. The molecule has 2 N–H and O–H groups in total. The van der Waals surface area contributed by atoms with Crippen LogP contribution in [0.3, 0.4) is 0 Å². The van der Waals surface area contributed by atoms with E-state index >= 15 is 0 Å². The van der Waals surface area contributed by atoms with Crippen molar-refractivity contribution in [3.05, 3.63) is 200 Å². The molecule has 248 valence electrons. The summed E-state index contributed by atoms with van der Waals surface area (Å²) in [5.41, 5.74) is 26.4. The number of nitrogen functional groups attached to an aromatic ring is 1. The van der Waals surface area contributed by atoms with Gasteiger partial charge in [-0.05, 0) is 118 Å². The highest BCUT2D eigenvalue weighted by atomic mass is 14.5. The molecule has 0 radical (unpaired) electrons. The van der Waals surface area contributed by atoms with Gasteiger partial charge >= 0.3 is 0 Å². The van der Waals surface area contributed by atoms with Crippen molar-refractivity contribution in [2.45, 2.75) is 0 Å². The summed E-state index contributed by atoms with van der Waals surface area (Å²) in [5, 5.41) is 2.59. The van der Waals surface area contributed by atoms with Gasteiger partial charge in [0.25, 0.3) is 0 Å². The van der Waals surface area contributed by atoms with E-state index in [1.54, 1.807) is 0 Å². The fourth-order valence-corrected chi connectivity index (χ4v) is 8.20. The summed E-state index contributed by atoms with van der Waals surface area (Å²) < 4.78 is 0. The van der Waals surface area contributed by atoms with Crippen molar-refractivity contribution in [2.75, 3.05) is 5.73 Å². The number of rotatable bonds is 6. The third kappa shape index (κ3) is 5.34. The van der Waals surface area contributed by atoms with Crippen molar-refractivity contribution in [1.82, 2.24) is 0 Å². The summed E-state index contributed by atoms with van der Waals surface area (Å²) in [4.78, 5) is 0. The molecule has 1 aliphatic carbocycles. The van der Waals surface area contributed by atoms with Crippen LogP contribution >= 0.6 is 0 Å². The lowest BCUT2D eigenvalue weighted by atomic mass is 9.81. The third-order valence-corrected chi connectivity index (χ3v) is 10.8. The van der Waals surface area contributed by atoms with Gasteiger partial charge in [0.05, 0.1) is 0 Å². The van der Waals surface area contributed by atoms with Crippen LogP contribution in [0.1, 0.15) is 0 Å². The highest BCUT2D eigenvalue weighted by Gasteiger charge is 2.30. The largest absolute Gasteiger partial charge is 0.399 e. The van der Waals surface area contributed by atoms with Crippen LogP contribution in [0.15, 0.2) is 200 Å². The molecule has 0 aromatic heterocycles. The van der Waals surface area contributed by atoms with Crippen LogP contribution in [0.5, 0.6) is 0 Å². The molecule has 0 saturated heterocycles. The van der Waals surface area contributed by atoms with Crippen molar-refractivity contribution in [3.63, 3.8) is 0 Å². The van der Waals surface area contributed by atoms with Gasteiger partial charge in [-0.3, -0.25) is 0 Å². The fourth-order valence-electron chi connectivity index (χ4n) is 8.20. The van der Waals surface area contributed by atoms with Crippen molar-refractivity contribution >= 4 is 16.5 Å². The Balaban J connectivity index is 1.23. The van der Waals surface area contributed by atoms with Gasteiger partial charge in [0.1, 0.15) is 0 Å². The zero-order chi connectivity index (χ0) is 35.3. The summed E-state index contributed by atoms with van der Waals surface area (Å²) in [5.74, 6) is 0. The second kappa shape index (κ2) is 12.7. The van der Waals surface area contributed by atoms with Gasteiger partial charge in [0.2, 0.25) is 0 Å². The third-order valence-electron chi connectivity index (χ3n) is 10.8. The van der Waals surface area contributed by atoms with Crippen LogP contribution in [-0.4, -0.2) is 0 Å². The summed E-state index contributed by atoms with van der Waals surface area (Å²) in [6.07, 6.45) is 0. The summed E-state index contributed by atoms with van der Waals surface area (Å²) in [7, 11) is 0. The number of benzene rings is 9. The average molecular weight is 674 g/mol. The molecule has 1 aliphatic rings. The minimum Gasteiger partial charge on any atom is -0.399 e. The molecule has 1 nitrogen and oxygen atoms in total. The molecule has 0 bridgehead atoms. The van der Waals surface area contributed by atoms with E-state index in [1.165, 1.54) is 88.7 Å². The van der Waals surface area contributed by atoms with Crippen molar-refractivity contribution < 1.29 is 0 Å². The summed E-state index contributed by atoms with van der Waals surface area (Å²) in [6.45, 7) is 0. The maximum atomic E-state index is 6.02. The number of hydrogen-bond acceptors (Lipinski definition) is 1. The van der Waals surface area contributed by atoms with Crippen molar-refractivity contribution in [1.29, 1.82) is 0 Å². The smallest absolute Gasteiger partial charge is 0.0314 e. The first kappa shape index (κ1) is 30.8. The van der Waals surface area contributed by atoms with E-state index in [9.17, 15) is 0 Å². The molecule has 9 aromatic rings. The minimum absolute atomic E-state index is 0.770. The van der Waals surface area contributed by atoms with Gasteiger partial charge < -0.3 is 5.73 Å². The zero-order valence-corrected chi connectivity index (χ0v) is 29.1. The zero-order valence-electron chi connectivity index (χ0n) is 29.1. The Morgan fingerprint density at radius 1 is 0.245 bits per heavy atom. The Morgan fingerprint density at radius 3 is 1.11 bits per heavy atom. The van der Waals surface area contributed by atoms with Gasteiger partial charge in [-0.15, -0.1) is 0 Å². The van der Waals surface area contributed by atoms with Crippen molar-refractivity contribution in [2.24, 2.45) is 0 Å². The number of nitrogens with two attached hydrogens (primary N) is 1. The summed E-state index contributed by atoms with van der Waals surface area (Å²) >= 11 is 0. The normalized spacial score (nSPS) is 11.5. The molecule has 0 atom stereocenters. The average Bonchev–Trinajstić information content (AvgIpc) is 3.57. The Bertz CT molecular complexity index is 2760. The maximum absolute atomic E-state index is 6.02. The second-order valence-electron chi connectivity index (χ2n) is 13.9. The molecule has 0 unspecified atom stereocenters. The van der Waals surface area contributed by atoms with E-state index in [4.69, 9.17) is 5.73 Å². The molecule has 0 aliphatic heterocycles. The Labute approximate surface area is 310 Å². The lowest BCUT2D eigenvalue weighted by molar-refractivity contribution is 1.55. The monoisotopic (exact) mass is 673 g/mol. The molecule has 10 rings (SSSR count). The van der Waals surface area contributed by atoms with Gasteiger partial charge in [0, 0.05) is 5.69 Å². The standard InChI is InChI=1S/C52H35N/c53-44-31-29-39(30-32-44)38-19-23-40(24-20-38)47-33-48(41-25-17-36(18-26-41)34-9-3-1-4-10-34)51-45-15-7-13-42-14-8-16-46(49(42)45)52(51)50(47)43-27-21-37(22-28-43)35-11-5-2-6-12-35/h1-33H,53H2. The van der Waals surface area contributed by atoms with Gasteiger partial charge in [-0.2, -0.15) is 0 Å². The molecule has 1 heteroatoms. The SMILES string of the molecule is Nc1ccc(-c2ccc(-c3cc(-c4ccc(-c5ccccc5)cc4)c4c(c3-c3ccc(-c5ccccc5)cc3)-c3cccc5cccc-4c35)cc2)cc1. The maximum Gasteiger partial charge on any atom is 0.0314 e. The molecule has 0 heterocycles. The van der Waals surface area contributed by atoms with Crippen LogP contribution in [0.4, 0.5) is 5.69 Å². The molecule has 53 heavy (non-hydrogen) atoms. The van der Waals surface area contributed by atoms with Crippen LogP contribution in [-0.2, 0) is 0 Å². The van der Waals surface area contributed by atoms with Gasteiger partial charge in [-0.1, -0.05) is 182 Å². The highest BCUT2D eigenvalue weighted by Crippen LogP contribution is 2.57. The number of hydrogen-bond donors (Lipinski definition) is 1. The Hall–Kier alpha value is -6.96. The molecule has 0 amide bonds. The van der Waals surface area contributed by atoms with Gasteiger partial charge in [-0.25, -0.2) is 0 Å². The van der Waals surface area contributed by atoms with E-state index in [-0.39, 0.29) is 0 Å². The number of fused-ring (bicyclic) bond motifs is 3. The first-order valence-corrected chi connectivity index (χ1v) is 18.2. The van der Waals surface area contributed by atoms with Crippen LogP contribution in [0, 0.1) is 0 Å². The molecular weight excluding hydrogens is 639 g/mol. The Morgan fingerprint density at radius 2 is 0.623 bits per heavy atom. The minimum atomic E-state index is 0.770. The van der Waals surface area contributed by atoms with E-state index < -0.39 is 0 Å². The Kier molecular flexibility index (Phi) is 7.37. The molecular formula is C52H35N. The second-order valence-corrected chi connectivity index (χ2v) is 13.9. The predicted octanol–water partition coefficient (Wildman–Crippen LogP) is 14.1. The van der Waals surface area contributed by atoms with Crippen LogP contribution < -0.4 is 5.73 Å². The van der Waals surface area contributed by atoms with Gasteiger partial charge in [0.15, 0.2) is 0 Å². The molecule has 0 fully saturated rings. The number of anilines is 1. The fraction of sp³-hybridized carbons (Fsp3) is 0. The summed E-state index contributed by atoms with van der Waals surface area (Å²) in [6, 6.07) is 72.6. The first-order valence-electron chi connectivity index (χ1n) is 18.2. The van der Waals surface area contributed by atoms with Crippen LogP contribution in [0.2, 0.25) is 0 Å². The quantitative estimate of drug-likeness (QED) is 0.175. The topological polar surface area (TPSA) is 26.0 Å². The predicted molar refractivity (Wildman–Crippen MR) is 225 cm³/mol.